The van der Waals surface area contributed by atoms with E-state index in [1.165, 1.54) is 24.3 Å². The van der Waals surface area contributed by atoms with Crippen molar-refractivity contribution < 1.29 is 13.9 Å². The summed E-state index contributed by atoms with van der Waals surface area (Å²) in [5, 5.41) is 9.11. The molecule has 0 unspecified atom stereocenters. The fraction of sp³-hybridized carbons (Fsp3) is 0.350. The molecule has 0 bridgehead atoms. The molecule has 0 saturated heterocycles. The molecular formula is C20H22FN3O3. The van der Waals surface area contributed by atoms with Gasteiger partial charge in [-0.25, -0.2) is 4.39 Å². The van der Waals surface area contributed by atoms with Crippen LogP contribution in [0.1, 0.15) is 28.8 Å². The van der Waals surface area contributed by atoms with Gasteiger partial charge in [0, 0.05) is 19.2 Å². The van der Waals surface area contributed by atoms with Crippen molar-refractivity contribution in [2.45, 2.75) is 26.7 Å². The van der Waals surface area contributed by atoms with Gasteiger partial charge in [-0.05, 0) is 55.7 Å². The first-order valence-electron chi connectivity index (χ1n) is 8.58. The van der Waals surface area contributed by atoms with Gasteiger partial charge in [0.05, 0.1) is 6.54 Å². The number of ether oxygens (including phenoxy) is 1. The smallest absolute Gasteiger partial charge is 0.266 e. The third kappa shape index (κ3) is 5.17. The molecule has 142 valence electrons. The lowest BCUT2D eigenvalue weighted by molar-refractivity contribution is -0.130. The number of nitrogens with zero attached hydrogens (tertiary/aromatic N) is 2. The molecule has 0 saturated carbocycles. The second-order valence-electron chi connectivity index (χ2n) is 6.29. The number of hydrogen-bond donors (Lipinski definition) is 1. The Hall–Kier alpha value is -3.14. The molecule has 0 aliphatic heterocycles. The van der Waals surface area contributed by atoms with Crippen LogP contribution in [0.15, 0.2) is 29.1 Å². The molecular weight excluding hydrogens is 349 g/mol. The highest BCUT2D eigenvalue weighted by atomic mass is 19.1. The van der Waals surface area contributed by atoms with E-state index >= 15 is 0 Å². The van der Waals surface area contributed by atoms with Crippen LogP contribution in [0.4, 0.5) is 4.39 Å². The van der Waals surface area contributed by atoms with E-state index in [-0.39, 0.29) is 23.7 Å². The molecule has 0 aliphatic carbocycles. The van der Waals surface area contributed by atoms with Crippen molar-refractivity contribution in [3.05, 3.63) is 62.8 Å². The molecule has 0 radical (unpaired) electrons. The maximum Gasteiger partial charge on any atom is 0.266 e. The van der Waals surface area contributed by atoms with Gasteiger partial charge >= 0.3 is 0 Å². The lowest BCUT2D eigenvalue weighted by atomic mass is 9.99. The minimum absolute atomic E-state index is 0.0683. The number of aryl methyl sites for hydroxylation is 1. The van der Waals surface area contributed by atoms with Gasteiger partial charge in [-0.2, -0.15) is 5.26 Å². The zero-order valence-corrected chi connectivity index (χ0v) is 15.6. The van der Waals surface area contributed by atoms with E-state index in [1.807, 2.05) is 6.07 Å². The second-order valence-corrected chi connectivity index (χ2v) is 6.29. The van der Waals surface area contributed by atoms with E-state index in [0.717, 1.165) is 5.56 Å². The lowest BCUT2D eigenvalue weighted by Crippen LogP contribution is -2.31. The summed E-state index contributed by atoms with van der Waals surface area (Å²) >= 11 is 0. The summed E-state index contributed by atoms with van der Waals surface area (Å²) in [6.45, 7) is 4.17. The number of halogens is 1. The first-order valence-corrected chi connectivity index (χ1v) is 8.58. The molecule has 1 aromatic heterocycles. The minimum Gasteiger partial charge on any atom is -0.492 e. The van der Waals surface area contributed by atoms with Crippen LogP contribution in [0.2, 0.25) is 0 Å². The van der Waals surface area contributed by atoms with Gasteiger partial charge in [-0.3, -0.25) is 9.59 Å². The van der Waals surface area contributed by atoms with Crippen LogP contribution in [-0.4, -0.2) is 36.0 Å². The summed E-state index contributed by atoms with van der Waals surface area (Å²) in [6.07, 6.45) is 0.691. The Bertz CT molecular complexity index is 914. The normalized spacial score (nSPS) is 10.3. The fourth-order valence-electron chi connectivity index (χ4n) is 2.80. The van der Waals surface area contributed by atoms with E-state index in [4.69, 9.17) is 10.00 Å². The fourth-order valence-corrected chi connectivity index (χ4v) is 2.80. The summed E-state index contributed by atoms with van der Waals surface area (Å²) in [5.74, 6) is 0.143. The third-order valence-corrected chi connectivity index (χ3v) is 4.44. The number of carbonyl (C=O) groups excluding carboxylic acids is 1. The highest BCUT2D eigenvalue weighted by molar-refractivity contribution is 5.76. The number of H-pyrrole nitrogens is 1. The number of aromatic nitrogens is 1. The quantitative estimate of drug-likeness (QED) is 0.810. The van der Waals surface area contributed by atoms with E-state index in [1.54, 1.807) is 25.8 Å². The van der Waals surface area contributed by atoms with Gasteiger partial charge in [0.15, 0.2) is 0 Å². The average Bonchev–Trinajstić information content (AvgIpc) is 2.63. The molecule has 1 aromatic carbocycles. The Morgan fingerprint density at radius 1 is 1.30 bits per heavy atom. The van der Waals surface area contributed by atoms with Crippen LogP contribution in [0, 0.1) is 31.0 Å². The van der Waals surface area contributed by atoms with Gasteiger partial charge in [0.1, 0.15) is 29.8 Å². The largest absolute Gasteiger partial charge is 0.492 e. The van der Waals surface area contributed by atoms with Crippen LogP contribution >= 0.6 is 0 Å². The Labute approximate surface area is 157 Å². The van der Waals surface area contributed by atoms with Crippen LogP contribution in [-0.2, 0) is 11.2 Å². The average molecular weight is 371 g/mol. The lowest BCUT2D eigenvalue weighted by Gasteiger charge is -2.18. The number of carbonyl (C=O) groups is 1. The molecule has 7 heteroatoms. The van der Waals surface area contributed by atoms with Crippen LogP contribution in [0.25, 0.3) is 0 Å². The Morgan fingerprint density at radius 2 is 1.96 bits per heavy atom. The monoisotopic (exact) mass is 371 g/mol. The summed E-state index contributed by atoms with van der Waals surface area (Å²) in [7, 11) is 1.68. The molecule has 0 aliphatic rings. The number of nitriles is 1. The molecule has 0 fully saturated rings. The highest BCUT2D eigenvalue weighted by Crippen LogP contribution is 2.15. The summed E-state index contributed by atoms with van der Waals surface area (Å²) in [4.78, 5) is 28.3. The molecule has 2 aromatic rings. The first-order chi connectivity index (χ1) is 12.8. The molecule has 2 rings (SSSR count). The Morgan fingerprint density at radius 3 is 2.59 bits per heavy atom. The number of hydrogen-bond acceptors (Lipinski definition) is 4. The van der Waals surface area contributed by atoms with E-state index < -0.39 is 5.56 Å². The van der Waals surface area contributed by atoms with Crippen LogP contribution in [0.3, 0.4) is 0 Å². The number of amides is 1. The van der Waals surface area contributed by atoms with Crippen molar-refractivity contribution in [2.75, 3.05) is 20.2 Å². The molecule has 0 spiro atoms. The number of rotatable bonds is 7. The molecule has 1 amide bonds. The van der Waals surface area contributed by atoms with Gasteiger partial charge in [-0.15, -0.1) is 0 Å². The molecule has 6 nitrogen and oxygen atoms in total. The number of pyridine rings is 1. The summed E-state index contributed by atoms with van der Waals surface area (Å²) in [5.41, 5.74) is 1.79. The summed E-state index contributed by atoms with van der Waals surface area (Å²) < 4.78 is 18.3. The van der Waals surface area contributed by atoms with E-state index in [9.17, 15) is 14.0 Å². The van der Waals surface area contributed by atoms with Crippen molar-refractivity contribution in [1.82, 2.24) is 9.88 Å². The van der Waals surface area contributed by atoms with Crippen molar-refractivity contribution in [3.8, 4) is 11.8 Å². The number of nitrogens with one attached hydrogen (secondary N) is 1. The third-order valence-electron chi connectivity index (χ3n) is 4.44. The highest BCUT2D eigenvalue weighted by Gasteiger charge is 2.15. The summed E-state index contributed by atoms with van der Waals surface area (Å²) in [6, 6.07) is 7.60. The molecule has 27 heavy (non-hydrogen) atoms. The predicted octanol–water partition coefficient (Wildman–Crippen LogP) is 2.47. The SMILES string of the molecule is Cc1[nH]c(=O)c(C#N)c(C)c1CCC(=O)N(C)CCOc1ccc(F)cc1. The molecule has 0 atom stereocenters. The topological polar surface area (TPSA) is 86.2 Å². The van der Waals surface area contributed by atoms with Gasteiger partial charge in [0.2, 0.25) is 5.91 Å². The number of aromatic amines is 1. The van der Waals surface area contributed by atoms with E-state index in [2.05, 4.69) is 4.98 Å². The van der Waals surface area contributed by atoms with Crippen molar-refractivity contribution in [2.24, 2.45) is 0 Å². The van der Waals surface area contributed by atoms with Crippen molar-refractivity contribution in [3.63, 3.8) is 0 Å². The van der Waals surface area contributed by atoms with Gasteiger partial charge in [0.25, 0.3) is 5.56 Å². The minimum atomic E-state index is -0.405. The number of benzene rings is 1. The van der Waals surface area contributed by atoms with Crippen LogP contribution in [0.5, 0.6) is 5.75 Å². The molecule has 1 N–H and O–H groups in total. The van der Waals surface area contributed by atoms with E-state index in [0.29, 0.717) is 36.6 Å². The van der Waals surface area contributed by atoms with Crippen molar-refractivity contribution >= 4 is 5.91 Å². The zero-order valence-electron chi connectivity index (χ0n) is 15.6. The maximum absolute atomic E-state index is 12.8. The van der Waals surface area contributed by atoms with Crippen LogP contribution < -0.4 is 10.3 Å². The zero-order chi connectivity index (χ0) is 20.0. The molecule has 1 heterocycles. The van der Waals surface area contributed by atoms with Gasteiger partial charge in [-0.1, -0.05) is 0 Å². The van der Waals surface area contributed by atoms with Crippen molar-refractivity contribution in [1.29, 1.82) is 5.26 Å². The predicted molar refractivity (Wildman–Crippen MR) is 99.1 cm³/mol. The Kier molecular flexibility index (Phi) is 6.72. The maximum atomic E-state index is 12.8. The number of likely N-dealkylation sites (N-methyl/N-ethyl adjacent to an activating group) is 1. The van der Waals surface area contributed by atoms with Gasteiger partial charge < -0.3 is 14.6 Å². The standard InChI is InChI=1S/C20H22FN3O3/c1-13-17(14(2)23-20(26)18(13)12-22)8-9-19(25)24(3)10-11-27-16-6-4-15(21)5-7-16/h4-7H,8-11H2,1-3H3,(H,23,26). The first kappa shape index (κ1) is 20.2. The Balaban J connectivity index is 1.89. The second kappa shape index (κ2) is 8.99.